The molecule has 2 atom stereocenters. The molecule has 1 aliphatic rings. The Balaban J connectivity index is 2.01. The van der Waals surface area contributed by atoms with E-state index in [4.69, 9.17) is 0 Å². The van der Waals surface area contributed by atoms with Gasteiger partial charge in [-0.1, -0.05) is 13.0 Å². The molecule has 0 amide bonds. The molecule has 1 aromatic heterocycles. The SMILES string of the molecule is CC1CCN(c2ccc(CNC(C)(C)C)cn2)C1CO. The first-order chi connectivity index (χ1) is 9.40. The summed E-state index contributed by atoms with van der Waals surface area (Å²) in [5, 5.41) is 13.0. The van der Waals surface area contributed by atoms with Gasteiger partial charge in [0.1, 0.15) is 5.82 Å². The van der Waals surface area contributed by atoms with E-state index in [0.29, 0.717) is 5.92 Å². The number of nitrogens with zero attached hydrogens (tertiary/aromatic N) is 2. The lowest BCUT2D eigenvalue weighted by atomic mass is 10.0. The first-order valence-corrected chi connectivity index (χ1v) is 7.48. The number of aliphatic hydroxyl groups excluding tert-OH is 1. The Hall–Kier alpha value is -1.13. The van der Waals surface area contributed by atoms with Crippen LogP contribution in [-0.4, -0.2) is 34.8 Å². The molecule has 0 radical (unpaired) electrons. The van der Waals surface area contributed by atoms with Gasteiger partial charge in [0.05, 0.1) is 12.6 Å². The molecule has 0 aromatic carbocycles. The molecule has 112 valence electrons. The third kappa shape index (κ3) is 3.70. The second-order valence-corrected chi connectivity index (χ2v) is 6.84. The van der Waals surface area contributed by atoms with Crippen LogP contribution in [0.2, 0.25) is 0 Å². The van der Waals surface area contributed by atoms with Crippen LogP contribution in [-0.2, 0) is 6.54 Å². The molecule has 4 heteroatoms. The molecule has 4 nitrogen and oxygen atoms in total. The molecule has 1 aliphatic heterocycles. The van der Waals surface area contributed by atoms with Crippen molar-refractivity contribution in [3.63, 3.8) is 0 Å². The maximum absolute atomic E-state index is 9.52. The van der Waals surface area contributed by atoms with Crippen molar-refractivity contribution < 1.29 is 5.11 Å². The minimum atomic E-state index is 0.116. The highest BCUT2D eigenvalue weighted by molar-refractivity contribution is 5.42. The zero-order valence-electron chi connectivity index (χ0n) is 13.1. The van der Waals surface area contributed by atoms with Crippen LogP contribution in [0, 0.1) is 5.92 Å². The van der Waals surface area contributed by atoms with Crippen LogP contribution in [0.1, 0.15) is 39.7 Å². The largest absolute Gasteiger partial charge is 0.394 e. The number of aliphatic hydroxyl groups is 1. The predicted molar refractivity (Wildman–Crippen MR) is 82.8 cm³/mol. The number of pyridine rings is 1. The van der Waals surface area contributed by atoms with Crippen molar-refractivity contribution in [1.82, 2.24) is 10.3 Å². The lowest BCUT2D eigenvalue weighted by Gasteiger charge is -2.26. The van der Waals surface area contributed by atoms with Gasteiger partial charge in [-0.3, -0.25) is 0 Å². The fourth-order valence-corrected chi connectivity index (χ4v) is 2.63. The molecule has 2 rings (SSSR count). The van der Waals surface area contributed by atoms with Crippen molar-refractivity contribution in [2.24, 2.45) is 5.92 Å². The Morgan fingerprint density at radius 3 is 2.70 bits per heavy atom. The van der Waals surface area contributed by atoms with Crippen LogP contribution in [0.5, 0.6) is 0 Å². The van der Waals surface area contributed by atoms with Crippen molar-refractivity contribution in [3.05, 3.63) is 23.9 Å². The Kier molecular flexibility index (Phi) is 4.66. The van der Waals surface area contributed by atoms with E-state index in [1.807, 2.05) is 6.20 Å². The molecule has 0 bridgehead atoms. The van der Waals surface area contributed by atoms with Crippen molar-refractivity contribution in [1.29, 1.82) is 0 Å². The maximum Gasteiger partial charge on any atom is 0.128 e. The van der Waals surface area contributed by atoms with E-state index < -0.39 is 0 Å². The van der Waals surface area contributed by atoms with E-state index in [2.05, 4.69) is 55.0 Å². The van der Waals surface area contributed by atoms with E-state index >= 15 is 0 Å². The minimum absolute atomic E-state index is 0.116. The van der Waals surface area contributed by atoms with Gasteiger partial charge < -0.3 is 15.3 Å². The third-order valence-electron chi connectivity index (χ3n) is 4.00. The normalized spacial score (nSPS) is 23.4. The van der Waals surface area contributed by atoms with E-state index in [9.17, 15) is 5.11 Å². The number of hydrogen-bond donors (Lipinski definition) is 2. The third-order valence-corrected chi connectivity index (χ3v) is 4.00. The van der Waals surface area contributed by atoms with Gasteiger partial charge in [0, 0.05) is 24.8 Å². The van der Waals surface area contributed by atoms with E-state index in [0.717, 1.165) is 25.3 Å². The highest BCUT2D eigenvalue weighted by Crippen LogP contribution is 2.28. The average Bonchev–Trinajstić information content (AvgIpc) is 2.77. The minimum Gasteiger partial charge on any atom is -0.394 e. The average molecular weight is 277 g/mol. The fraction of sp³-hybridized carbons (Fsp3) is 0.688. The first-order valence-electron chi connectivity index (χ1n) is 7.48. The fourth-order valence-electron chi connectivity index (χ4n) is 2.63. The van der Waals surface area contributed by atoms with Crippen LogP contribution in [0.15, 0.2) is 18.3 Å². The van der Waals surface area contributed by atoms with E-state index in [1.165, 1.54) is 5.56 Å². The summed E-state index contributed by atoms with van der Waals surface area (Å²) in [6.45, 7) is 10.7. The molecule has 20 heavy (non-hydrogen) atoms. The molecule has 2 heterocycles. The summed E-state index contributed by atoms with van der Waals surface area (Å²) in [5.74, 6) is 1.51. The Labute approximate surface area is 122 Å². The van der Waals surface area contributed by atoms with Gasteiger partial charge in [0.25, 0.3) is 0 Å². The van der Waals surface area contributed by atoms with E-state index in [-0.39, 0.29) is 18.2 Å². The van der Waals surface area contributed by atoms with Crippen molar-refractivity contribution in [2.75, 3.05) is 18.1 Å². The molecule has 1 saturated heterocycles. The summed E-state index contributed by atoms with van der Waals surface area (Å²) in [7, 11) is 0. The lowest BCUT2D eigenvalue weighted by molar-refractivity contribution is 0.244. The number of nitrogens with one attached hydrogen (secondary N) is 1. The Morgan fingerprint density at radius 1 is 1.40 bits per heavy atom. The zero-order valence-corrected chi connectivity index (χ0v) is 13.1. The van der Waals surface area contributed by atoms with Crippen molar-refractivity contribution >= 4 is 5.82 Å². The smallest absolute Gasteiger partial charge is 0.128 e. The topological polar surface area (TPSA) is 48.4 Å². The quantitative estimate of drug-likeness (QED) is 0.885. The van der Waals surface area contributed by atoms with Gasteiger partial charge in [-0.25, -0.2) is 4.98 Å². The van der Waals surface area contributed by atoms with Crippen LogP contribution in [0.4, 0.5) is 5.82 Å². The van der Waals surface area contributed by atoms with E-state index in [1.54, 1.807) is 0 Å². The summed E-state index contributed by atoms with van der Waals surface area (Å²) in [4.78, 5) is 6.80. The molecular weight excluding hydrogens is 250 g/mol. The number of anilines is 1. The van der Waals surface area contributed by atoms with Gasteiger partial charge in [-0.2, -0.15) is 0 Å². The van der Waals surface area contributed by atoms with Gasteiger partial charge in [-0.15, -0.1) is 0 Å². The highest BCUT2D eigenvalue weighted by Gasteiger charge is 2.31. The summed E-state index contributed by atoms with van der Waals surface area (Å²) in [6.07, 6.45) is 3.06. The van der Waals surface area contributed by atoms with Crippen molar-refractivity contribution in [2.45, 2.75) is 52.2 Å². The Morgan fingerprint density at radius 2 is 2.15 bits per heavy atom. The van der Waals surface area contributed by atoms with Crippen LogP contribution in [0.25, 0.3) is 0 Å². The second kappa shape index (κ2) is 6.10. The molecule has 1 fully saturated rings. The molecule has 0 spiro atoms. The highest BCUT2D eigenvalue weighted by atomic mass is 16.3. The first kappa shape index (κ1) is 15.3. The van der Waals surface area contributed by atoms with Gasteiger partial charge in [0.15, 0.2) is 0 Å². The van der Waals surface area contributed by atoms with Gasteiger partial charge in [-0.05, 0) is 44.7 Å². The number of rotatable bonds is 4. The second-order valence-electron chi connectivity index (χ2n) is 6.84. The van der Waals surface area contributed by atoms with Crippen LogP contribution < -0.4 is 10.2 Å². The number of hydrogen-bond acceptors (Lipinski definition) is 4. The van der Waals surface area contributed by atoms with Crippen LogP contribution in [0.3, 0.4) is 0 Å². The van der Waals surface area contributed by atoms with Gasteiger partial charge in [0.2, 0.25) is 0 Å². The number of aromatic nitrogens is 1. The van der Waals surface area contributed by atoms with Crippen LogP contribution >= 0.6 is 0 Å². The molecule has 0 saturated carbocycles. The maximum atomic E-state index is 9.52. The monoisotopic (exact) mass is 277 g/mol. The summed E-state index contributed by atoms with van der Waals surface area (Å²) >= 11 is 0. The Bertz CT molecular complexity index is 424. The molecule has 2 N–H and O–H groups in total. The molecular formula is C16H27N3O. The summed E-state index contributed by atoms with van der Waals surface area (Å²) in [6, 6.07) is 4.40. The summed E-state index contributed by atoms with van der Waals surface area (Å²) < 4.78 is 0. The summed E-state index contributed by atoms with van der Waals surface area (Å²) in [5.41, 5.74) is 1.31. The standard InChI is InChI=1S/C16H27N3O/c1-12-7-8-19(14(12)11-20)15-6-5-13(9-17-15)10-18-16(2,3)4/h5-6,9,12,14,18,20H,7-8,10-11H2,1-4H3. The lowest BCUT2D eigenvalue weighted by Crippen LogP contribution is -2.36. The molecule has 2 unspecified atom stereocenters. The van der Waals surface area contributed by atoms with Gasteiger partial charge >= 0.3 is 0 Å². The molecule has 1 aromatic rings. The van der Waals surface area contributed by atoms with Crippen molar-refractivity contribution in [3.8, 4) is 0 Å². The predicted octanol–water partition coefficient (Wildman–Crippen LogP) is 2.18. The molecule has 0 aliphatic carbocycles. The zero-order chi connectivity index (χ0) is 14.8.